The van der Waals surface area contributed by atoms with E-state index in [9.17, 15) is 0 Å². The van der Waals surface area contributed by atoms with Crippen molar-refractivity contribution in [2.45, 2.75) is 53.4 Å². The maximum absolute atomic E-state index is 5.44. The first-order chi connectivity index (χ1) is 6.15. The van der Waals surface area contributed by atoms with Gasteiger partial charge in [0.25, 0.3) is 0 Å². The lowest BCUT2D eigenvalue weighted by molar-refractivity contribution is 0.449. The van der Waals surface area contributed by atoms with Crippen LogP contribution in [0.1, 0.15) is 58.0 Å². The molecule has 0 radical (unpaired) electrons. The normalized spacial score (nSPS) is 11.8. The van der Waals surface area contributed by atoms with Crippen molar-refractivity contribution in [2.24, 2.45) is 0 Å². The predicted octanol–water partition coefficient (Wildman–Crippen LogP) is 4.52. The largest absolute Gasteiger partial charge is 0.466 e. The van der Waals surface area contributed by atoms with Gasteiger partial charge in [-0.05, 0) is 25.5 Å². The van der Waals surface area contributed by atoms with Gasteiger partial charge in [0.15, 0.2) is 0 Å². The number of furan rings is 1. The highest BCUT2D eigenvalue weighted by molar-refractivity contribution is 5.08. The number of hydrogen-bond donors (Lipinski definition) is 0. The maximum atomic E-state index is 5.44. The molecule has 0 saturated heterocycles. The zero-order valence-electron chi connectivity index (χ0n) is 9.55. The second-order valence-corrected chi connectivity index (χ2v) is 3.46. The highest BCUT2D eigenvalue weighted by Crippen LogP contribution is 2.20. The summed E-state index contributed by atoms with van der Waals surface area (Å²) in [5.41, 5.74) is 0. The predicted molar refractivity (Wildman–Crippen MR) is 58.1 cm³/mol. The molecule has 1 aromatic heterocycles. The first-order valence-corrected chi connectivity index (χ1v) is 5.21. The van der Waals surface area contributed by atoms with Crippen molar-refractivity contribution in [2.75, 3.05) is 0 Å². The topological polar surface area (TPSA) is 13.1 Å². The van der Waals surface area contributed by atoms with Crippen LogP contribution in [0.5, 0.6) is 0 Å². The Hall–Kier alpha value is -0.720. The molecule has 76 valence electrons. The van der Waals surface area contributed by atoms with Crippen LogP contribution < -0.4 is 0 Å². The van der Waals surface area contributed by atoms with Gasteiger partial charge in [-0.15, -0.1) is 0 Å². The van der Waals surface area contributed by atoms with Crippen LogP contribution in [0.4, 0.5) is 0 Å². The maximum Gasteiger partial charge on any atom is 0.106 e. The summed E-state index contributed by atoms with van der Waals surface area (Å²) in [7, 11) is 0. The van der Waals surface area contributed by atoms with E-state index in [1.807, 2.05) is 13.0 Å². The number of rotatable bonds is 2. The molecule has 0 aromatic carbocycles. The van der Waals surface area contributed by atoms with Crippen molar-refractivity contribution in [3.05, 3.63) is 23.7 Å². The summed E-state index contributed by atoms with van der Waals surface area (Å²) in [6, 6.07) is 4.07. The number of aryl methyl sites for hydroxylation is 1. The molecule has 0 bridgehead atoms. The van der Waals surface area contributed by atoms with Crippen molar-refractivity contribution in [3.8, 4) is 0 Å². The minimum Gasteiger partial charge on any atom is -0.466 e. The average Bonchev–Trinajstić information content (AvgIpc) is 2.52. The lowest BCUT2D eigenvalue weighted by Crippen LogP contribution is -1.86. The average molecular weight is 182 g/mol. The molecule has 0 fully saturated rings. The molecule has 0 amide bonds. The van der Waals surface area contributed by atoms with Crippen molar-refractivity contribution in [1.29, 1.82) is 0 Å². The summed E-state index contributed by atoms with van der Waals surface area (Å²) in [5, 5.41) is 0. The minimum absolute atomic E-state index is 0.564. The van der Waals surface area contributed by atoms with Gasteiger partial charge in [0, 0.05) is 5.92 Å². The van der Waals surface area contributed by atoms with Crippen LogP contribution in [-0.2, 0) is 0 Å². The Morgan fingerprint density at radius 3 is 2.08 bits per heavy atom. The van der Waals surface area contributed by atoms with Crippen molar-refractivity contribution >= 4 is 0 Å². The summed E-state index contributed by atoms with van der Waals surface area (Å²) >= 11 is 0. The Labute approximate surface area is 82.2 Å². The van der Waals surface area contributed by atoms with E-state index in [4.69, 9.17) is 4.42 Å². The van der Waals surface area contributed by atoms with Crippen LogP contribution in [0.2, 0.25) is 0 Å². The quantitative estimate of drug-likeness (QED) is 0.655. The summed E-state index contributed by atoms with van der Waals surface area (Å²) in [5.74, 6) is 2.68. The van der Waals surface area contributed by atoms with Crippen LogP contribution in [0, 0.1) is 6.92 Å². The molecule has 0 unspecified atom stereocenters. The molecule has 0 saturated carbocycles. The van der Waals surface area contributed by atoms with Gasteiger partial charge in [-0.1, -0.05) is 34.1 Å². The Bertz CT molecular complexity index is 213. The van der Waals surface area contributed by atoms with Crippen LogP contribution in [0.3, 0.4) is 0 Å². The molecule has 1 atom stereocenters. The fourth-order valence-electron chi connectivity index (χ4n) is 0.919. The third kappa shape index (κ3) is 4.76. The Morgan fingerprint density at radius 1 is 1.23 bits per heavy atom. The molecular formula is C12H22O. The molecule has 1 rings (SSSR count). The first kappa shape index (κ1) is 12.3. The molecule has 1 heterocycles. The molecule has 0 aliphatic rings. The third-order valence-corrected chi connectivity index (χ3v) is 1.86. The van der Waals surface area contributed by atoms with Crippen molar-refractivity contribution in [3.63, 3.8) is 0 Å². The molecule has 13 heavy (non-hydrogen) atoms. The fourth-order valence-corrected chi connectivity index (χ4v) is 0.919. The van der Waals surface area contributed by atoms with Crippen molar-refractivity contribution < 1.29 is 4.42 Å². The van der Waals surface area contributed by atoms with Gasteiger partial charge >= 0.3 is 0 Å². The van der Waals surface area contributed by atoms with E-state index < -0.39 is 0 Å². The second-order valence-electron chi connectivity index (χ2n) is 3.46. The minimum atomic E-state index is 0.564. The van der Waals surface area contributed by atoms with Crippen molar-refractivity contribution in [1.82, 2.24) is 0 Å². The Morgan fingerprint density at radius 2 is 1.77 bits per heavy atom. The Kier molecular flexibility index (Phi) is 6.38. The SMILES string of the molecule is CCC.CC[C@H](C)c1ccc(C)o1. The Balaban J connectivity index is 0.000000424. The van der Waals surface area contributed by atoms with E-state index in [1.165, 1.54) is 6.42 Å². The molecule has 0 N–H and O–H groups in total. The molecule has 0 spiro atoms. The zero-order valence-corrected chi connectivity index (χ0v) is 9.55. The van der Waals surface area contributed by atoms with Gasteiger partial charge in [0.1, 0.15) is 11.5 Å². The van der Waals surface area contributed by atoms with Crippen LogP contribution in [0.15, 0.2) is 16.5 Å². The second kappa shape index (κ2) is 6.76. The zero-order chi connectivity index (χ0) is 10.3. The third-order valence-electron chi connectivity index (χ3n) is 1.86. The van der Waals surface area contributed by atoms with Gasteiger partial charge in [-0.3, -0.25) is 0 Å². The molecular weight excluding hydrogens is 160 g/mol. The van der Waals surface area contributed by atoms with Crippen LogP contribution >= 0.6 is 0 Å². The molecule has 0 aliphatic carbocycles. The van der Waals surface area contributed by atoms with E-state index in [1.54, 1.807) is 0 Å². The van der Waals surface area contributed by atoms with E-state index in [0.29, 0.717) is 5.92 Å². The van der Waals surface area contributed by atoms with Crippen LogP contribution in [0.25, 0.3) is 0 Å². The van der Waals surface area contributed by atoms with E-state index >= 15 is 0 Å². The first-order valence-electron chi connectivity index (χ1n) is 5.21. The van der Waals surface area contributed by atoms with E-state index in [2.05, 4.69) is 33.8 Å². The molecule has 1 aromatic rings. The van der Waals surface area contributed by atoms with Gasteiger partial charge in [0.05, 0.1) is 0 Å². The van der Waals surface area contributed by atoms with Gasteiger partial charge in [-0.2, -0.15) is 0 Å². The van der Waals surface area contributed by atoms with Gasteiger partial charge < -0.3 is 4.42 Å². The fraction of sp³-hybridized carbons (Fsp3) is 0.667. The summed E-state index contributed by atoms with van der Waals surface area (Å²) < 4.78 is 5.44. The monoisotopic (exact) mass is 182 g/mol. The summed E-state index contributed by atoms with van der Waals surface area (Å²) in [6.07, 6.45) is 2.40. The molecule has 1 heteroatoms. The van der Waals surface area contributed by atoms with E-state index in [-0.39, 0.29) is 0 Å². The summed E-state index contributed by atoms with van der Waals surface area (Å²) in [6.45, 7) is 10.6. The lowest BCUT2D eigenvalue weighted by Gasteiger charge is -2.01. The summed E-state index contributed by atoms with van der Waals surface area (Å²) in [4.78, 5) is 0. The highest BCUT2D eigenvalue weighted by atomic mass is 16.3. The van der Waals surface area contributed by atoms with E-state index in [0.717, 1.165) is 17.9 Å². The smallest absolute Gasteiger partial charge is 0.106 e. The number of hydrogen-bond acceptors (Lipinski definition) is 1. The van der Waals surface area contributed by atoms with Gasteiger partial charge in [0.2, 0.25) is 0 Å². The lowest BCUT2D eigenvalue weighted by atomic mass is 10.1. The van der Waals surface area contributed by atoms with Gasteiger partial charge in [-0.25, -0.2) is 0 Å². The molecule has 1 nitrogen and oxygen atoms in total. The van der Waals surface area contributed by atoms with Crippen LogP contribution in [-0.4, -0.2) is 0 Å². The highest BCUT2D eigenvalue weighted by Gasteiger charge is 2.05. The standard InChI is InChI=1S/C9H14O.C3H8/c1-4-7(2)9-6-5-8(3)10-9;1-3-2/h5-7H,4H2,1-3H3;3H2,1-2H3/t7-;/m0./s1. The molecule has 0 aliphatic heterocycles.